The molecule has 3 N–H and O–H groups in total. The van der Waals surface area contributed by atoms with Gasteiger partial charge in [-0.3, -0.25) is 14.5 Å². The molecule has 1 fully saturated rings. The zero-order valence-corrected chi connectivity index (χ0v) is 18.0. The number of nitrogens with one attached hydrogen (secondary N) is 1. The lowest BCUT2D eigenvalue weighted by Crippen LogP contribution is -2.48. The van der Waals surface area contributed by atoms with Gasteiger partial charge >= 0.3 is 5.97 Å². The topological polar surface area (TPSA) is 89.9 Å². The summed E-state index contributed by atoms with van der Waals surface area (Å²) in [5.74, 6) is -0.847. The predicted molar refractivity (Wildman–Crippen MR) is 121 cm³/mol. The van der Waals surface area contributed by atoms with Crippen LogP contribution in [0.2, 0.25) is 0 Å². The van der Waals surface area contributed by atoms with Crippen LogP contribution < -0.4 is 5.32 Å². The van der Waals surface area contributed by atoms with Crippen LogP contribution in [-0.2, 0) is 15.0 Å². The monoisotopic (exact) mass is 422 g/mol. The van der Waals surface area contributed by atoms with Crippen LogP contribution in [0.3, 0.4) is 0 Å². The maximum absolute atomic E-state index is 12.7. The minimum Gasteiger partial charge on any atom is -0.508 e. The molecule has 0 saturated carbocycles. The molecule has 164 valence electrons. The molecule has 0 spiro atoms. The fourth-order valence-electron chi connectivity index (χ4n) is 4.19. The Hall–Kier alpha value is -3.12. The number of phenols is 1. The smallest absolute Gasteiger partial charge is 0.322 e. The molecule has 1 heterocycles. The zero-order chi connectivity index (χ0) is 22.4. The summed E-state index contributed by atoms with van der Waals surface area (Å²) in [6.45, 7) is 6.06. The van der Waals surface area contributed by atoms with Crippen molar-refractivity contribution in [3.63, 3.8) is 0 Å². The van der Waals surface area contributed by atoms with Crippen LogP contribution in [0.15, 0.2) is 60.2 Å². The molecule has 0 unspecified atom stereocenters. The van der Waals surface area contributed by atoms with E-state index in [2.05, 4.69) is 30.1 Å². The third kappa shape index (κ3) is 5.73. The van der Waals surface area contributed by atoms with Crippen LogP contribution in [-0.4, -0.2) is 53.2 Å². The molecule has 1 amide bonds. The first kappa shape index (κ1) is 22.6. The van der Waals surface area contributed by atoms with E-state index in [1.54, 1.807) is 6.07 Å². The number of amides is 1. The van der Waals surface area contributed by atoms with Crippen molar-refractivity contribution in [3.05, 3.63) is 71.3 Å². The van der Waals surface area contributed by atoms with E-state index in [1.165, 1.54) is 0 Å². The second-order valence-electron chi connectivity index (χ2n) is 8.51. The molecule has 2 aromatic carbocycles. The van der Waals surface area contributed by atoms with Crippen LogP contribution in [0.5, 0.6) is 5.75 Å². The summed E-state index contributed by atoms with van der Waals surface area (Å²) in [6.07, 6.45) is 2.72. The number of aromatic hydroxyl groups is 1. The van der Waals surface area contributed by atoms with Gasteiger partial charge in [0.25, 0.3) is 0 Å². The van der Waals surface area contributed by atoms with Gasteiger partial charge in [-0.25, -0.2) is 0 Å². The second kappa shape index (κ2) is 9.79. The number of aliphatic carboxylic acids is 1. The number of phenolic OH excluding ortho intramolecular Hbond substituents is 1. The van der Waals surface area contributed by atoms with E-state index in [9.17, 15) is 14.7 Å². The first-order valence-corrected chi connectivity index (χ1v) is 10.6. The summed E-state index contributed by atoms with van der Waals surface area (Å²) in [4.78, 5) is 25.8. The van der Waals surface area contributed by atoms with Gasteiger partial charge in [0, 0.05) is 18.7 Å². The number of carbonyl (C=O) groups is 2. The Kier molecular flexibility index (Phi) is 7.13. The van der Waals surface area contributed by atoms with E-state index in [4.69, 9.17) is 5.11 Å². The van der Waals surface area contributed by atoms with Crippen LogP contribution in [0.4, 0.5) is 0 Å². The van der Waals surface area contributed by atoms with Gasteiger partial charge in [0.05, 0.1) is 0 Å². The number of hydrogen-bond donors (Lipinski definition) is 3. The van der Waals surface area contributed by atoms with Crippen molar-refractivity contribution < 1.29 is 19.8 Å². The van der Waals surface area contributed by atoms with E-state index in [-0.39, 0.29) is 17.1 Å². The first-order valence-electron chi connectivity index (χ1n) is 10.6. The first-order chi connectivity index (χ1) is 14.8. The Morgan fingerprint density at radius 1 is 1.19 bits per heavy atom. The highest BCUT2D eigenvalue weighted by molar-refractivity contribution is 5.99. The van der Waals surface area contributed by atoms with Crippen molar-refractivity contribution in [2.24, 2.45) is 5.92 Å². The lowest BCUT2D eigenvalue weighted by molar-refractivity contribution is -0.137. The maximum Gasteiger partial charge on any atom is 0.322 e. The highest BCUT2D eigenvalue weighted by Crippen LogP contribution is 2.40. The molecule has 1 aliphatic heterocycles. The van der Waals surface area contributed by atoms with Gasteiger partial charge in [-0.15, -0.1) is 0 Å². The molecular formula is C25H30N2O4. The number of carboxylic acid groups (broad SMARTS) is 1. The SMILES string of the molecule is C[C@H]1CN(C/C(=C\c2ccccc2)C(=O)NCC(=O)O)CC[C@@]1(C)c1cccc(O)c1. The number of carbonyl (C=O) groups excluding carboxylic acids is 1. The van der Waals surface area contributed by atoms with Crippen LogP contribution in [0.1, 0.15) is 31.4 Å². The van der Waals surface area contributed by atoms with E-state index in [0.717, 1.165) is 30.6 Å². The lowest BCUT2D eigenvalue weighted by atomic mass is 9.68. The normalized spacial score (nSPS) is 22.1. The van der Waals surface area contributed by atoms with Crippen molar-refractivity contribution in [1.82, 2.24) is 10.2 Å². The van der Waals surface area contributed by atoms with Gasteiger partial charge in [-0.2, -0.15) is 0 Å². The summed E-state index contributed by atoms with van der Waals surface area (Å²) < 4.78 is 0. The Morgan fingerprint density at radius 3 is 2.58 bits per heavy atom. The van der Waals surface area contributed by atoms with Gasteiger partial charge in [0.15, 0.2) is 0 Å². The Morgan fingerprint density at radius 2 is 1.94 bits per heavy atom. The number of hydrogen-bond acceptors (Lipinski definition) is 4. The highest BCUT2D eigenvalue weighted by Gasteiger charge is 2.38. The van der Waals surface area contributed by atoms with Crippen LogP contribution in [0.25, 0.3) is 6.08 Å². The van der Waals surface area contributed by atoms with Crippen molar-refractivity contribution in [1.29, 1.82) is 0 Å². The van der Waals surface area contributed by atoms with Crippen molar-refractivity contribution in [2.45, 2.75) is 25.7 Å². The highest BCUT2D eigenvalue weighted by atomic mass is 16.4. The summed E-state index contributed by atoms with van der Waals surface area (Å²) in [6, 6.07) is 17.0. The molecule has 6 nitrogen and oxygen atoms in total. The number of carboxylic acids is 1. The number of nitrogens with zero attached hydrogens (tertiary/aromatic N) is 1. The molecule has 6 heteroatoms. The molecule has 1 saturated heterocycles. The van der Waals surface area contributed by atoms with Gasteiger partial charge in [0.2, 0.25) is 5.91 Å². The summed E-state index contributed by atoms with van der Waals surface area (Å²) in [7, 11) is 0. The van der Waals surface area contributed by atoms with Gasteiger partial charge in [-0.05, 0) is 53.6 Å². The summed E-state index contributed by atoms with van der Waals surface area (Å²) in [5.41, 5.74) is 2.50. The molecule has 31 heavy (non-hydrogen) atoms. The quantitative estimate of drug-likeness (QED) is 0.596. The largest absolute Gasteiger partial charge is 0.508 e. The average Bonchev–Trinajstić information content (AvgIpc) is 2.75. The van der Waals surface area contributed by atoms with Gasteiger partial charge in [-0.1, -0.05) is 56.3 Å². The predicted octanol–water partition coefficient (Wildman–Crippen LogP) is 3.28. The van der Waals surface area contributed by atoms with E-state index in [1.807, 2.05) is 48.5 Å². The number of benzene rings is 2. The minimum atomic E-state index is -1.07. The average molecular weight is 423 g/mol. The Labute approximate surface area is 183 Å². The molecule has 0 aromatic heterocycles. The number of rotatable bonds is 7. The summed E-state index contributed by atoms with van der Waals surface area (Å²) >= 11 is 0. The van der Waals surface area contributed by atoms with Gasteiger partial charge < -0.3 is 15.5 Å². The fourth-order valence-corrected chi connectivity index (χ4v) is 4.19. The van der Waals surface area contributed by atoms with Crippen molar-refractivity contribution in [3.8, 4) is 5.75 Å². The summed E-state index contributed by atoms with van der Waals surface area (Å²) in [5, 5.41) is 21.3. The standard InChI is InChI=1S/C25H30N2O4/c1-18-16-27(12-11-25(18,2)21-9-6-10-22(28)14-21)17-20(24(31)26-15-23(29)30)13-19-7-4-3-5-8-19/h3-10,13-14,18,28H,11-12,15-17H2,1-2H3,(H,26,31)(H,29,30)/b20-13+/t18-,25+/m0/s1. The van der Waals surface area contributed by atoms with Crippen molar-refractivity contribution >= 4 is 18.0 Å². The number of likely N-dealkylation sites (tertiary alicyclic amines) is 1. The number of piperidine rings is 1. The zero-order valence-electron chi connectivity index (χ0n) is 18.0. The third-order valence-corrected chi connectivity index (χ3v) is 6.30. The molecule has 2 atom stereocenters. The van der Waals surface area contributed by atoms with Crippen LogP contribution in [0, 0.1) is 5.92 Å². The maximum atomic E-state index is 12.7. The Balaban J connectivity index is 1.75. The minimum absolute atomic E-state index is 0.0654. The molecule has 0 aliphatic carbocycles. The van der Waals surface area contributed by atoms with E-state index >= 15 is 0 Å². The van der Waals surface area contributed by atoms with E-state index in [0.29, 0.717) is 18.0 Å². The molecule has 0 radical (unpaired) electrons. The molecule has 0 bridgehead atoms. The van der Waals surface area contributed by atoms with Crippen molar-refractivity contribution in [2.75, 3.05) is 26.2 Å². The third-order valence-electron chi connectivity index (χ3n) is 6.30. The molecule has 2 aromatic rings. The molecule has 3 rings (SSSR count). The lowest BCUT2D eigenvalue weighted by Gasteiger charge is -2.45. The second-order valence-corrected chi connectivity index (χ2v) is 8.51. The van der Waals surface area contributed by atoms with E-state index < -0.39 is 12.5 Å². The molecule has 1 aliphatic rings. The fraction of sp³-hybridized carbons (Fsp3) is 0.360. The Bertz CT molecular complexity index is 957. The molecular weight excluding hydrogens is 392 g/mol. The van der Waals surface area contributed by atoms with Gasteiger partial charge in [0.1, 0.15) is 12.3 Å². The van der Waals surface area contributed by atoms with Crippen LogP contribution >= 0.6 is 0 Å².